The van der Waals surface area contributed by atoms with Crippen molar-refractivity contribution >= 4 is 37.3 Å². The van der Waals surface area contributed by atoms with Crippen molar-refractivity contribution in [2.24, 2.45) is 0 Å². The molecule has 1 N–H and O–H groups in total. The summed E-state index contributed by atoms with van der Waals surface area (Å²) >= 11 is 1.06. The van der Waals surface area contributed by atoms with Crippen molar-refractivity contribution in [3.8, 4) is 11.1 Å². The third kappa shape index (κ3) is 3.34. The Balaban J connectivity index is 1.75. The van der Waals surface area contributed by atoms with Crippen molar-refractivity contribution in [3.05, 3.63) is 82.5 Å². The van der Waals surface area contributed by atoms with Crippen LogP contribution in [0.5, 0.6) is 0 Å². The summed E-state index contributed by atoms with van der Waals surface area (Å²) in [6.45, 7) is 2.44. The van der Waals surface area contributed by atoms with Gasteiger partial charge in [-0.15, -0.1) is 0 Å². The van der Waals surface area contributed by atoms with Crippen LogP contribution in [0.25, 0.3) is 21.3 Å². The fourth-order valence-electron chi connectivity index (χ4n) is 3.16. The molecule has 142 valence electrons. The van der Waals surface area contributed by atoms with Gasteiger partial charge in [-0.3, -0.25) is 14.1 Å². The number of anilines is 1. The van der Waals surface area contributed by atoms with E-state index in [0.717, 1.165) is 28.0 Å². The van der Waals surface area contributed by atoms with Gasteiger partial charge in [0.05, 0.1) is 20.8 Å². The van der Waals surface area contributed by atoms with E-state index in [1.54, 1.807) is 28.8 Å². The van der Waals surface area contributed by atoms with Gasteiger partial charge < -0.3 is 0 Å². The lowest BCUT2D eigenvalue weighted by atomic mass is 10.0. The van der Waals surface area contributed by atoms with Crippen LogP contribution < -0.4 is 9.60 Å². The molecule has 5 nitrogen and oxygen atoms in total. The Morgan fingerprint density at radius 1 is 0.964 bits per heavy atom. The van der Waals surface area contributed by atoms with E-state index in [1.807, 2.05) is 49.4 Å². The van der Waals surface area contributed by atoms with Gasteiger partial charge in [0.25, 0.3) is 10.0 Å². The van der Waals surface area contributed by atoms with Gasteiger partial charge in [0.1, 0.15) is 0 Å². The van der Waals surface area contributed by atoms with E-state index in [1.165, 1.54) is 6.07 Å². The predicted octanol–water partition coefficient (Wildman–Crippen LogP) is 4.55. The molecule has 0 unspecified atom stereocenters. The van der Waals surface area contributed by atoms with Crippen molar-refractivity contribution in [3.63, 3.8) is 0 Å². The van der Waals surface area contributed by atoms with Gasteiger partial charge in [0.2, 0.25) is 0 Å². The number of aromatic nitrogens is 1. The monoisotopic (exact) mass is 410 g/mol. The highest BCUT2D eigenvalue weighted by atomic mass is 32.2. The van der Waals surface area contributed by atoms with Crippen LogP contribution in [-0.4, -0.2) is 13.0 Å². The number of hydrogen-bond acceptors (Lipinski definition) is 4. The third-order valence-corrected chi connectivity index (χ3v) is 6.83. The lowest BCUT2D eigenvalue weighted by Crippen LogP contribution is -2.13. The maximum absolute atomic E-state index is 13.0. The summed E-state index contributed by atoms with van der Waals surface area (Å²) in [5.74, 6) is 0. The Morgan fingerprint density at radius 3 is 2.43 bits per heavy atom. The second-order valence-corrected chi connectivity index (χ2v) is 8.93. The maximum atomic E-state index is 13.0. The van der Waals surface area contributed by atoms with Crippen LogP contribution in [0.3, 0.4) is 0 Å². The molecule has 0 fully saturated rings. The number of nitrogens with zero attached hydrogens (tertiary/aromatic N) is 1. The van der Waals surface area contributed by atoms with E-state index in [-0.39, 0.29) is 9.77 Å². The molecule has 0 saturated carbocycles. The smallest absolute Gasteiger partial charge is 0.299 e. The maximum Gasteiger partial charge on any atom is 0.308 e. The summed E-state index contributed by atoms with van der Waals surface area (Å²) < 4.78 is 31.0. The zero-order chi connectivity index (χ0) is 19.7. The van der Waals surface area contributed by atoms with Crippen LogP contribution in [0.4, 0.5) is 5.69 Å². The van der Waals surface area contributed by atoms with E-state index in [4.69, 9.17) is 0 Å². The molecule has 0 amide bonds. The van der Waals surface area contributed by atoms with Crippen LogP contribution in [0.1, 0.15) is 6.92 Å². The summed E-state index contributed by atoms with van der Waals surface area (Å²) in [7, 11) is -3.80. The highest BCUT2D eigenvalue weighted by molar-refractivity contribution is 7.92. The minimum atomic E-state index is -3.80. The fraction of sp³-hybridized carbons (Fsp3) is 0.0952. The number of fused-ring (bicyclic) bond motifs is 1. The van der Waals surface area contributed by atoms with Crippen LogP contribution in [0.2, 0.25) is 0 Å². The largest absolute Gasteiger partial charge is 0.308 e. The minimum absolute atomic E-state index is 0.0885. The molecule has 1 aromatic heterocycles. The highest BCUT2D eigenvalue weighted by Gasteiger charge is 2.18. The number of rotatable bonds is 5. The van der Waals surface area contributed by atoms with Gasteiger partial charge in [-0.2, -0.15) is 0 Å². The molecule has 0 aliphatic rings. The van der Waals surface area contributed by atoms with E-state index in [9.17, 15) is 13.2 Å². The van der Waals surface area contributed by atoms with Crippen molar-refractivity contribution in [2.75, 3.05) is 4.72 Å². The van der Waals surface area contributed by atoms with Crippen LogP contribution in [0.15, 0.2) is 82.5 Å². The van der Waals surface area contributed by atoms with E-state index < -0.39 is 10.0 Å². The number of para-hydroxylation sites is 1. The molecule has 7 heteroatoms. The van der Waals surface area contributed by atoms with Gasteiger partial charge in [0, 0.05) is 12.1 Å². The normalized spacial score (nSPS) is 11.6. The molecule has 0 aliphatic carbocycles. The molecular weight excluding hydrogens is 392 g/mol. The summed E-state index contributed by atoms with van der Waals surface area (Å²) in [6.07, 6.45) is 0. The van der Waals surface area contributed by atoms with Gasteiger partial charge in [0.15, 0.2) is 0 Å². The average molecular weight is 411 g/mol. The zero-order valence-electron chi connectivity index (χ0n) is 15.1. The SMILES string of the molecule is CCn1c(=O)sc2cc(S(=O)(=O)Nc3ccccc3-c3ccccc3)ccc21. The molecule has 0 atom stereocenters. The van der Waals surface area contributed by atoms with Crippen molar-refractivity contribution in [1.82, 2.24) is 4.57 Å². The molecule has 0 radical (unpaired) electrons. The molecule has 4 aromatic rings. The number of aryl methyl sites for hydroxylation is 1. The third-order valence-electron chi connectivity index (χ3n) is 4.52. The summed E-state index contributed by atoms with van der Waals surface area (Å²) in [5, 5.41) is 0. The zero-order valence-corrected chi connectivity index (χ0v) is 16.8. The molecule has 1 heterocycles. The topological polar surface area (TPSA) is 68.2 Å². The quantitative estimate of drug-likeness (QED) is 0.525. The van der Waals surface area contributed by atoms with E-state index in [0.29, 0.717) is 16.9 Å². The molecule has 4 rings (SSSR count). The summed E-state index contributed by atoms with van der Waals surface area (Å²) in [4.78, 5) is 12.1. The Kier molecular flexibility index (Phi) is 4.78. The van der Waals surface area contributed by atoms with E-state index in [2.05, 4.69) is 4.72 Å². The minimum Gasteiger partial charge on any atom is -0.299 e. The molecule has 0 bridgehead atoms. The standard InChI is InChI=1S/C21H18N2O3S2/c1-2-23-19-13-12-16(14-20(19)27-21(23)24)28(25,26)22-18-11-7-6-10-17(18)15-8-4-3-5-9-15/h3-14,22H,2H2,1H3. The van der Waals surface area contributed by atoms with Crippen molar-refractivity contribution < 1.29 is 8.42 Å². The van der Waals surface area contributed by atoms with E-state index >= 15 is 0 Å². The Hall–Kier alpha value is -2.90. The second-order valence-electron chi connectivity index (χ2n) is 6.26. The van der Waals surface area contributed by atoms with Gasteiger partial charge in [-0.05, 0) is 36.8 Å². The Morgan fingerprint density at radius 2 is 1.68 bits per heavy atom. The summed E-state index contributed by atoms with van der Waals surface area (Å²) in [5.41, 5.74) is 2.98. The molecular formula is C21H18N2O3S2. The first-order chi connectivity index (χ1) is 13.5. The first kappa shape index (κ1) is 18.5. The summed E-state index contributed by atoms with van der Waals surface area (Å²) in [6, 6.07) is 21.7. The molecule has 0 spiro atoms. The first-order valence-electron chi connectivity index (χ1n) is 8.80. The van der Waals surface area contributed by atoms with Gasteiger partial charge in [-0.1, -0.05) is 59.9 Å². The Bertz CT molecular complexity index is 1310. The predicted molar refractivity (Wildman–Crippen MR) is 114 cm³/mol. The number of thiazole rings is 1. The molecule has 3 aromatic carbocycles. The lowest BCUT2D eigenvalue weighted by Gasteiger charge is -2.13. The van der Waals surface area contributed by atoms with Crippen molar-refractivity contribution in [1.29, 1.82) is 0 Å². The second kappa shape index (κ2) is 7.26. The van der Waals surface area contributed by atoms with Crippen LogP contribution in [0, 0.1) is 0 Å². The molecule has 0 saturated heterocycles. The number of hydrogen-bond donors (Lipinski definition) is 1. The van der Waals surface area contributed by atoms with Crippen LogP contribution >= 0.6 is 11.3 Å². The molecule has 0 aliphatic heterocycles. The van der Waals surface area contributed by atoms with Crippen LogP contribution in [-0.2, 0) is 16.6 Å². The van der Waals surface area contributed by atoms with Crippen molar-refractivity contribution in [2.45, 2.75) is 18.4 Å². The Labute approximate surface area is 166 Å². The first-order valence-corrected chi connectivity index (χ1v) is 11.1. The highest BCUT2D eigenvalue weighted by Crippen LogP contribution is 2.30. The lowest BCUT2D eigenvalue weighted by molar-refractivity contribution is 0.601. The van der Waals surface area contributed by atoms with Gasteiger partial charge in [-0.25, -0.2) is 8.42 Å². The van der Waals surface area contributed by atoms with Gasteiger partial charge >= 0.3 is 4.87 Å². The molecule has 28 heavy (non-hydrogen) atoms. The fourth-order valence-corrected chi connectivity index (χ4v) is 5.33. The number of benzene rings is 3. The number of sulfonamides is 1. The number of nitrogens with one attached hydrogen (secondary N) is 1. The average Bonchev–Trinajstić information content (AvgIpc) is 3.03.